The topological polar surface area (TPSA) is 136 Å². The number of rotatable bonds is 4. The highest BCUT2D eigenvalue weighted by Gasteiger charge is 2.13. The fraction of sp³-hybridized carbons (Fsp3) is 0.222. The smallest absolute Gasteiger partial charge is 0.329 e. The number of ether oxygens (including phenoxy) is 1. The summed E-state index contributed by atoms with van der Waals surface area (Å²) < 4.78 is 6.79. The lowest BCUT2D eigenvalue weighted by molar-refractivity contribution is -0.143. The molecule has 0 aliphatic rings. The van der Waals surface area contributed by atoms with E-state index in [1.54, 1.807) is 6.92 Å². The van der Waals surface area contributed by atoms with Crippen molar-refractivity contribution in [3.63, 3.8) is 0 Å². The lowest BCUT2D eigenvalue weighted by atomic mass is 10.1. The second-order valence-corrected chi connectivity index (χ2v) is 5.19. The molecule has 9 heteroatoms. The van der Waals surface area contributed by atoms with E-state index in [2.05, 4.69) is 26.9 Å². The molecule has 0 saturated heterocycles. The maximum Gasteiger partial charge on any atom is 0.329 e. The first-order valence-corrected chi connectivity index (χ1v) is 7.86. The van der Waals surface area contributed by atoms with Crippen molar-refractivity contribution in [1.82, 2.24) is 19.6 Å². The van der Waals surface area contributed by atoms with Gasteiger partial charge in [0, 0.05) is 7.11 Å². The molecule has 0 aliphatic heterocycles. The summed E-state index contributed by atoms with van der Waals surface area (Å²) >= 11 is 0. The van der Waals surface area contributed by atoms with Gasteiger partial charge < -0.3 is 20.7 Å². The number of nitrogens with zero attached hydrogens (tertiary/aromatic N) is 4. The molecular formula is C18H19N5O4. The molecule has 3 aromatic rings. The standard InChI is InChI=1S/C17H15N5O3.CH4O/c1-11-13(16(18)22-17(21-11)19-10-20-22)7-8-14(25-9-15(23)24)12-5-3-2-4-6-12;1-2/h2-6,10,14H,9,18H2,1H3,(H,23,24);2H,1H3. The number of aliphatic hydroxyl groups is 1. The van der Waals surface area contributed by atoms with Crippen LogP contribution in [0.2, 0.25) is 0 Å². The Labute approximate surface area is 155 Å². The predicted molar refractivity (Wildman–Crippen MR) is 97.7 cm³/mol. The van der Waals surface area contributed by atoms with Gasteiger partial charge in [-0.2, -0.15) is 14.6 Å². The van der Waals surface area contributed by atoms with Gasteiger partial charge in [-0.1, -0.05) is 42.2 Å². The number of hydrogen-bond acceptors (Lipinski definition) is 7. The second kappa shape index (κ2) is 9.28. The average Bonchev–Trinajstić information content (AvgIpc) is 3.14. The number of carboxylic acid groups (broad SMARTS) is 1. The van der Waals surface area contributed by atoms with Crippen molar-refractivity contribution in [2.45, 2.75) is 13.0 Å². The fourth-order valence-electron chi connectivity index (χ4n) is 2.27. The Morgan fingerprint density at radius 2 is 2.04 bits per heavy atom. The molecule has 9 nitrogen and oxygen atoms in total. The van der Waals surface area contributed by atoms with Crippen LogP contribution in [0.1, 0.15) is 22.9 Å². The van der Waals surface area contributed by atoms with E-state index in [0.29, 0.717) is 22.9 Å². The van der Waals surface area contributed by atoms with E-state index in [1.165, 1.54) is 10.8 Å². The fourth-order valence-corrected chi connectivity index (χ4v) is 2.27. The van der Waals surface area contributed by atoms with Crippen LogP contribution in [-0.2, 0) is 9.53 Å². The van der Waals surface area contributed by atoms with Crippen LogP contribution >= 0.6 is 0 Å². The minimum Gasteiger partial charge on any atom is -0.480 e. The van der Waals surface area contributed by atoms with Gasteiger partial charge in [-0.3, -0.25) is 0 Å². The zero-order valence-corrected chi connectivity index (χ0v) is 14.8. The van der Waals surface area contributed by atoms with E-state index < -0.39 is 18.7 Å². The number of carboxylic acids is 1. The number of aliphatic hydroxyl groups excluding tert-OH is 1. The van der Waals surface area contributed by atoms with Crippen LogP contribution in [-0.4, -0.2) is 49.5 Å². The number of benzene rings is 1. The lowest BCUT2D eigenvalue weighted by Gasteiger charge is -2.11. The Kier molecular flexibility index (Phi) is 6.82. The summed E-state index contributed by atoms with van der Waals surface area (Å²) in [6.45, 7) is 1.31. The molecule has 0 amide bonds. The normalized spacial score (nSPS) is 11.1. The number of aromatic nitrogens is 4. The van der Waals surface area contributed by atoms with Crippen molar-refractivity contribution >= 4 is 17.6 Å². The summed E-state index contributed by atoms with van der Waals surface area (Å²) in [6, 6.07) is 9.15. The summed E-state index contributed by atoms with van der Waals surface area (Å²) in [7, 11) is 1.00. The molecular weight excluding hydrogens is 350 g/mol. The maximum atomic E-state index is 10.8. The van der Waals surface area contributed by atoms with Crippen LogP contribution in [0, 0.1) is 18.8 Å². The van der Waals surface area contributed by atoms with Crippen molar-refractivity contribution < 1.29 is 19.7 Å². The number of anilines is 1. The molecule has 0 bridgehead atoms. The number of carbonyl (C=O) groups is 1. The molecule has 0 fully saturated rings. The van der Waals surface area contributed by atoms with Gasteiger partial charge in [-0.25, -0.2) is 9.78 Å². The number of aryl methyl sites for hydroxylation is 1. The molecule has 0 saturated carbocycles. The molecule has 1 aromatic carbocycles. The molecule has 0 aliphatic carbocycles. The Balaban J connectivity index is 0.00000126. The van der Waals surface area contributed by atoms with Crippen LogP contribution in [0.4, 0.5) is 5.82 Å². The summed E-state index contributed by atoms with van der Waals surface area (Å²) in [6.07, 6.45) is 0.653. The first-order chi connectivity index (χ1) is 13.1. The molecule has 1 atom stereocenters. The zero-order valence-electron chi connectivity index (χ0n) is 14.8. The molecule has 0 spiro atoms. The third kappa shape index (κ3) is 4.78. The lowest BCUT2D eigenvalue weighted by Crippen LogP contribution is -2.11. The van der Waals surface area contributed by atoms with Crippen molar-refractivity contribution in [2.24, 2.45) is 0 Å². The van der Waals surface area contributed by atoms with Crippen LogP contribution in [0.25, 0.3) is 5.78 Å². The third-order valence-electron chi connectivity index (χ3n) is 3.45. The van der Waals surface area contributed by atoms with Crippen LogP contribution in [0.15, 0.2) is 36.7 Å². The molecule has 3 rings (SSSR count). The molecule has 140 valence electrons. The van der Waals surface area contributed by atoms with Gasteiger partial charge in [0.2, 0.25) is 0 Å². The molecule has 2 heterocycles. The van der Waals surface area contributed by atoms with E-state index in [-0.39, 0.29) is 0 Å². The summed E-state index contributed by atoms with van der Waals surface area (Å²) in [5.41, 5.74) is 7.95. The number of fused-ring (bicyclic) bond motifs is 1. The predicted octanol–water partition coefficient (Wildman–Crippen LogP) is 0.817. The minimum absolute atomic E-state index is 0.317. The molecule has 4 N–H and O–H groups in total. The number of nitrogens with two attached hydrogens (primary N) is 1. The van der Waals surface area contributed by atoms with Crippen LogP contribution in [0.5, 0.6) is 0 Å². The SMILES string of the molecule is CO.Cc1nc2ncnn2c(N)c1C#CC(OCC(=O)O)c1ccccc1. The van der Waals surface area contributed by atoms with Crippen molar-refractivity contribution in [3.8, 4) is 11.8 Å². The average molecular weight is 369 g/mol. The van der Waals surface area contributed by atoms with E-state index >= 15 is 0 Å². The summed E-state index contributed by atoms with van der Waals surface area (Å²) in [5, 5.41) is 19.9. The zero-order chi connectivity index (χ0) is 19.8. The minimum atomic E-state index is -1.07. The Morgan fingerprint density at radius 3 is 2.70 bits per heavy atom. The molecule has 0 radical (unpaired) electrons. The summed E-state index contributed by atoms with van der Waals surface area (Å²) in [4.78, 5) is 19.1. The maximum absolute atomic E-state index is 10.8. The molecule has 2 aromatic heterocycles. The highest BCUT2D eigenvalue weighted by atomic mass is 16.5. The number of nitrogen functional groups attached to an aromatic ring is 1. The highest BCUT2D eigenvalue weighted by molar-refractivity contribution is 5.68. The van der Waals surface area contributed by atoms with Gasteiger partial charge in [-0.05, 0) is 12.5 Å². The largest absolute Gasteiger partial charge is 0.480 e. The quantitative estimate of drug-likeness (QED) is 0.575. The summed E-state index contributed by atoms with van der Waals surface area (Å²) in [5.74, 6) is 5.51. The van der Waals surface area contributed by atoms with Crippen LogP contribution < -0.4 is 5.73 Å². The van der Waals surface area contributed by atoms with Crippen LogP contribution in [0.3, 0.4) is 0 Å². The highest BCUT2D eigenvalue weighted by Crippen LogP contribution is 2.18. The second-order valence-electron chi connectivity index (χ2n) is 5.19. The first-order valence-electron chi connectivity index (χ1n) is 7.86. The van der Waals surface area contributed by atoms with Gasteiger partial charge in [-0.15, -0.1) is 0 Å². The van der Waals surface area contributed by atoms with Gasteiger partial charge >= 0.3 is 5.97 Å². The van der Waals surface area contributed by atoms with Crippen molar-refractivity contribution in [2.75, 3.05) is 19.5 Å². The van der Waals surface area contributed by atoms with E-state index in [0.717, 1.165) is 12.7 Å². The van der Waals surface area contributed by atoms with Gasteiger partial charge in [0.25, 0.3) is 5.78 Å². The first kappa shape index (κ1) is 19.8. The van der Waals surface area contributed by atoms with Gasteiger partial charge in [0.15, 0.2) is 0 Å². The number of aliphatic carboxylic acids is 1. The number of hydrogen-bond donors (Lipinski definition) is 3. The molecule has 1 unspecified atom stereocenters. The van der Waals surface area contributed by atoms with Gasteiger partial charge in [0.05, 0.1) is 11.3 Å². The Morgan fingerprint density at radius 1 is 1.33 bits per heavy atom. The van der Waals surface area contributed by atoms with E-state index in [1.807, 2.05) is 30.3 Å². The van der Waals surface area contributed by atoms with Crippen molar-refractivity contribution in [3.05, 3.63) is 53.5 Å². The van der Waals surface area contributed by atoms with E-state index in [4.69, 9.17) is 20.7 Å². The monoisotopic (exact) mass is 369 g/mol. The van der Waals surface area contributed by atoms with E-state index in [9.17, 15) is 4.79 Å². The Hall–Kier alpha value is -3.48. The van der Waals surface area contributed by atoms with Gasteiger partial charge in [0.1, 0.15) is 24.9 Å². The third-order valence-corrected chi connectivity index (χ3v) is 3.45. The Bertz CT molecular complexity index is 976. The van der Waals surface area contributed by atoms with Crippen molar-refractivity contribution in [1.29, 1.82) is 0 Å². The molecule has 27 heavy (non-hydrogen) atoms.